The normalized spacial score (nSPS) is 28.4. The Morgan fingerprint density at radius 3 is 2.93 bits per heavy atom. The van der Waals surface area contributed by atoms with E-state index in [-0.39, 0.29) is 0 Å². The average Bonchev–Trinajstić information content (AvgIpc) is 2.86. The monoisotopic (exact) mass is 185 g/mol. The molecule has 0 N–H and O–H groups in total. The number of nitriles is 1. The molecule has 3 nitrogen and oxygen atoms in total. The molecule has 1 aromatic heterocycles. The molecule has 2 unspecified atom stereocenters. The van der Waals surface area contributed by atoms with E-state index < -0.39 is 0 Å². The van der Waals surface area contributed by atoms with Gasteiger partial charge in [0, 0.05) is 19.3 Å². The van der Waals surface area contributed by atoms with Crippen molar-refractivity contribution in [3.05, 3.63) is 23.9 Å². The van der Waals surface area contributed by atoms with E-state index in [1.165, 1.54) is 6.42 Å². The largest absolute Gasteiger partial charge is 0.355 e. The van der Waals surface area contributed by atoms with Crippen LogP contribution in [0.3, 0.4) is 0 Å². The molecular weight excluding hydrogens is 174 g/mol. The fourth-order valence-electron chi connectivity index (χ4n) is 2.31. The number of aromatic nitrogens is 1. The van der Waals surface area contributed by atoms with Gasteiger partial charge < -0.3 is 4.90 Å². The molecule has 2 atom stereocenters. The van der Waals surface area contributed by atoms with Crippen LogP contribution in [-0.2, 0) is 0 Å². The lowest BCUT2D eigenvalue weighted by atomic mass is 10.2. The quantitative estimate of drug-likeness (QED) is 0.664. The van der Waals surface area contributed by atoms with E-state index in [1.807, 2.05) is 12.1 Å². The van der Waals surface area contributed by atoms with Crippen molar-refractivity contribution >= 4 is 5.82 Å². The minimum absolute atomic E-state index is 0.703. The van der Waals surface area contributed by atoms with E-state index in [2.05, 4.69) is 16.0 Å². The summed E-state index contributed by atoms with van der Waals surface area (Å²) in [5.41, 5.74) is 0.703. The minimum atomic E-state index is 0.703. The lowest BCUT2D eigenvalue weighted by molar-refractivity contribution is 0.804. The Balaban J connectivity index is 1.92. The van der Waals surface area contributed by atoms with Gasteiger partial charge in [0.05, 0.1) is 5.56 Å². The van der Waals surface area contributed by atoms with Gasteiger partial charge in [0.25, 0.3) is 0 Å². The Kier molecular flexibility index (Phi) is 1.51. The van der Waals surface area contributed by atoms with E-state index >= 15 is 0 Å². The van der Waals surface area contributed by atoms with Gasteiger partial charge >= 0.3 is 0 Å². The highest BCUT2D eigenvalue weighted by molar-refractivity contribution is 5.54. The Hall–Kier alpha value is -1.56. The van der Waals surface area contributed by atoms with Crippen molar-refractivity contribution in [1.82, 2.24) is 4.98 Å². The summed E-state index contributed by atoms with van der Waals surface area (Å²) in [6.07, 6.45) is 3.14. The fourth-order valence-corrected chi connectivity index (χ4v) is 2.31. The zero-order valence-corrected chi connectivity index (χ0v) is 7.85. The van der Waals surface area contributed by atoms with Crippen LogP contribution in [0.25, 0.3) is 0 Å². The maximum absolute atomic E-state index is 8.94. The first-order valence-electron chi connectivity index (χ1n) is 4.98. The molecule has 2 heterocycles. The summed E-state index contributed by atoms with van der Waals surface area (Å²) in [6.45, 7) is 2.19. The van der Waals surface area contributed by atoms with Crippen LogP contribution in [0.15, 0.2) is 18.3 Å². The third-order valence-electron chi connectivity index (χ3n) is 3.19. The summed E-state index contributed by atoms with van der Waals surface area (Å²) in [5, 5.41) is 8.94. The molecule has 14 heavy (non-hydrogen) atoms. The Morgan fingerprint density at radius 1 is 1.43 bits per heavy atom. The van der Waals surface area contributed by atoms with Gasteiger partial charge in [-0.3, -0.25) is 0 Å². The van der Waals surface area contributed by atoms with Crippen molar-refractivity contribution in [2.45, 2.75) is 6.42 Å². The number of hydrogen-bond donors (Lipinski definition) is 0. The first kappa shape index (κ1) is 7.81. The highest BCUT2D eigenvalue weighted by Gasteiger charge is 2.45. The molecule has 2 fully saturated rings. The van der Waals surface area contributed by atoms with Crippen LogP contribution in [0.5, 0.6) is 0 Å². The van der Waals surface area contributed by atoms with Crippen molar-refractivity contribution in [1.29, 1.82) is 5.26 Å². The van der Waals surface area contributed by atoms with Gasteiger partial charge in [-0.1, -0.05) is 0 Å². The maximum atomic E-state index is 8.94. The first-order valence-corrected chi connectivity index (χ1v) is 4.98. The summed E-state index contributed by atoms with van der Waals surface area (Å²) in [6, 6.07) is 5.86. The van der Waals surface area contributed by atoms with Crippen molar-refractivity contribution in [3.63, 3.8) is 0 Å². The molecule has 1 aliphatic carbocycles. The summed E-state index contributed by atoms with van der Waals surface area (Å²) < 4.78 is 0. The molecule has 0 radical (unpaired) electrons. The van der Waals surface area contributed by atoms with Crippen LogP contribution in [-0.4, -0.2) is 18.1 Å². The molecule has 2 aliphatic rings. The number of piperidine rings is 1. The number of hydrogen-bond acceptors (Lipinski definition) is 3. The van der Waals surface area contributed by atoms with Gasteiger partial charge in [-0.05, 0) is 30.4 Å². The predicted octanol–water partition coefficient (Wildman–Crippen LogP) is 1.41. The van der Waals surface area contributed by atoms with Crippen LogP contribution in [0, 0.1) is 23.2 Å². The molecule has 3 rings (SSSR count). The lowest BCUT2D eigenvalue weighted by Gasteiger charge is -2.19. The van der Waals surface area contributed by atoms with Crippen LogP contribution in [0.2, 0.25) is 0 Å². The number of anilines is 1. The van der Waals surface area contributed by atoms with E-state index in [4.69, 9.17) is 5.26 Å². The van der Waals surface area contributed by atoms with Gasteiger partial charge in [-0.15, -0.1) is 0 Å². The van der Waals surface area contributed by atoms with Gasteiger partial charge in [0.1, 0.15) is 11.9 Å². The zero-order valence-electron chi connectivity index (χ0n) is 7.85. The van der Waals surface area contributed by atoms with Crippen molar-refractivity contribution in [2.75, 3.05) is 18.0 Å². The summed E-state index contributed by atoms with van der Waals surface area (Å²) in [4.78, 5) is 6.54. The topological polar surface area (TPSA) is 39.9 Å². The third kappa shape index (κ3) is 1.07. The van der Waals surface area contributed by atoms with Gasteiger partial charge in [0.2, 0.25) is 0 Å². The second-order valence-electron chi connectivity index (χ2n) is 4.15. The minimum Gasteiger partial charge on any atom is -0.355 e. The third-order valence-corrected chi connectivity index (χ3v) is 3.19. The Bertz CT molecular complexity index is 397. The van der Waals surface area contributed by atoms with Crippen molar-refractivity contribution < 1.29 is 0 Å². The number of pyridine rings is 1. The number of nitrogens with zero attached hydrogens (tertiary/aromatic N) is 3. The predicted molar refractivity (Wildman–Crippen MR) is 52.8 cm³/mol. The molecule has 0 amide bonds. The van der Waals surface area contributed by atoms with Gasteiger partial charge in [0.15, 0.2) is 0 Å². The average molecular weight is 185 g/mol. The SMILES string of the molecule is N#Cc1cccnc1N1CC2CC2C1. The Morgan fingerprint density at radius 2 is 2.21 bits per heavy atom. The fraction of sp³-hybridized carbons (Fsp3) is 0.455. The van der Waals surface area contributed by atoms with E-state index in [0.29, 0.717) is 5.56 Å². The number of rotatable bonds is 1. The lowest BCUT2D eigenvalue weighted by Crippen LogP contribution is -2.23. The molecule has 0 bridgehead atoms. The van der Waals surface area contributed by atoms with E-state index in [9.17, 15) is 0 Å². The molecule has 1 aromatic rings. The zero-order chi connectivity index (χ0) is 9.54. The smallest absolute Gasteiger partial charge is 0.146 e. The summed E-state index contributed by atoms with van der Waals surface area (Å²) in [5.74, 6) is 2.63. The summed E-state index contributed by atoms with van der Waals surface area (Å²) in [7, 11) is 0. The van der Waals surface area contributed by atoms with Crippen LogP contribution < -0.4 is 4.90 Å². The molecule has 1 saturated carbocycles. The highest BCUT2D eigenvalue weighted by Crippen LogP contribution is 2.46. The van der Waals surface area contributed by atoms with Crippen LogP contribution in [0.1, 0.15) is 12.0 Å². The molecule has 0 aromatic carbocycles. The van der Waals surface area contributed by atoms with Crippen LogP contribution in [0.4, 0.5) is 5.82 Å². The van der Waals surface area contributed by atoms with Gasteiger partial charge in [-0.2, -0.15) is 5.26 Å². The molecule has 1 saturated heterocycles. The summed E-state index contributed by atoms with van der Waals surface area (Å²) >= 11 is 0. The number of fused-ring (bicyclic) bond motifs is 1. The van der Waals surface area contributed by atoms with Crippen LogP contribution >= 0.6 is 0 Å². The van der Waals surface area contributed by atoms with Crippen molar-refractivity contribution in [3.8, 4) is 6.07 Å². The maximum Gasteiger partial charge on any atom is 0.146 e. The Labute approximate surface area is 83.0 Å². The van der Waals surface area contributed by atoms with E-state index in [0.717, 1.165) is 30.7 Å². The molecule has 0 spiro atoms. The molecule has 1 aliphatic heterocycles. The standard InChI is InChI=1S/C11H11N3/c12-5-8-2-1-3-13-11(8)14-6-9-4-10(9)7-14/h1-3,9-10H,4,6-7H2. The van der Waals surface area contributed by atoms with Crippen molar-refractivity contribution in [2.24, 2.45) is 11.8 Å². The highest BCUT2D eigenvalue weighted by atomic mass is 15.2. The second-order valence-corrected chi connectivity index (χ2v) is 4.15. The molecule has 70 valence electrons. The molecular formula is C11H11N3. The second kappa shape index (κ2) is 2.71. The first-order chi connectivity index (χ1) is 6.88. The molecule has 3 heteroatoms. The van der Waals surface area contributed by atoms with Gasteiger partial charge in [-0.25, -0.2) is 4.98 Å². The van der Waals surface area contributed by atoms with E-state index in [1.54, 1.807) is 6.20 Å².